The molecule has 0 radical (unpaired) electrons. The number of carbonyl (C=O) groups excluding carboxylic acids is 1. The van der Waals surface area contributed by atoms with Gasteiger partial charge in [-0.1, -0.05) is 18.2 Å². The van der Waals surface area contributed by atoms with Gasteiger partial charge in [0.1, 0.15) is 5.75 Å². The van der Waals surface area contributed by atoms with E-state index in [1.165, 1.54) is 0 Å². The van der Waals surface area contributed by atoms with Crippen LogP contribution in [0.15, 0.2) is 36.9 Å². The van der Waals surface area contributed by atoms with Gasteiger partial charge in [0.15, 0.2) is 0 Å². The van der Waals surface area contributed by atoms with Crippen LogP contribution in [0.2, 0.25) is 0 Å². The Balaban J connectivity index is 1.97. The van der Waals surface area contributed by atoms with Crippen molar-refractivity contribution in [1.29, 1.82) is 0 Å². The molecule has 1 aliphatic rings. The molecule has 1 heterocycles. The summed E-state index contributed by atoms with van der Waals surface area (Å²) in [5.74, 6) is 0.905. The van der Waals surface area contributed by atoms with Gasteiger partial charge >= 0.3 is 6.03 Å². The molecule has 0 saturated carbocycles. The molecule has 0 bridgehead atoms. The molecular formula is C17H25N3O2. The van der Waals surface area contributed by atoms with Gasteiger partial charge in [-0.25, -0.2) is 4.79 Å². The van der Waals surface area contributed by atoms with Crippen molar-refractivity contribution >= 4 is 11.7 Å². The van der Waals surface area contributed by atoms with E-state index >= 15 is 0 Å². The number of ether oxygens (including phenoxy) is 1. The number of nitrogens with zero attached hydrogens (tertiary/aromatic N) is 2. The second-order valence-electron chi connectivity index (χ2n) is 5.58. The SMILES string of the molecule is C=CCNC(=O)N1CCN(c2ccccc2OC(C)C)CC1. The molecule has 1 aliphatic heterocycles. The molecule has 1 N–H and O–H groups in total. The van der Waals surface area contributed by atoms with Crippen molar-refractivity contribution in [3.63, 3.8) is 0 Å². The second kappa shape index (κ2) is 7.73. The molecule has 0 unspecified atom stereocenters. The summed E-state index contributed by atoms with van der Waals surface area (Å²) >= 11 is 0. The number of hydrogen-bond acceptors (Lipinski definition) is 3. The van der Waals surface area contributed by atoms with Crippen LogP contribution in [-0.4, -0.2) is 49.8 Å². The van der Waals surface area contributed by atoms with E-state index in [1.54, 1.807) is 6.08 Å². The molecule has 1 aromatic rings. The Morgan fingerprint density at radius 2 is 2.00 bits per heavy atom. The van der Waals surface area contributed by atoms with Crippen LogP contribution in [0.5, 0.6) is 5.75 Å². The first kappa shape index (κ1) is 16.2. The van der Waals surface area contributed by atoms with Gasteiger partial charge in [-0.3, -0.25) is 0 Å². The molecule has 0 spiro atoms. The number of benzene rings is 1. The summed E-state index contributed by atoms with van der Waals surface area (Å²) < 4.78 is 5.88. The van der Waals surface area contributed by atoms with Gasteiger partial charge in [0.2, 0.25) is 0 Å². The summed E-state index contributed by atoms with van der Waals surface area (Å²) in [6.45, 7) is 11.2. The number of hydrogen-bond donors (Lipinski definition) is 1. The van der Waals surface area contributed by atoms with Crippen molar-refractivity contribution in [2.24, 2.45) is 0 Å². The van der Waals surface area contributed by atoms with Crippen molar-refractivity contribution in [2.75, 3.05) is 37.6 Å². The van der Waals surface area contributed by atoms with Crippen LogP contribution in [0.1, 0.15) is 13.8 Å². The zero-order chi connectivity index (χ0) is 15.9. The zero-order valence-electron chi connectivity index (χ0n) is 13.4. The van der Waals surface area contributed by atoms with Crippen LogP contribution in [0.4, 0.5) is 10.5 Å². The highest BCUT2D eigenvalue weighted by molar-refractivity contribution is 5.74. The smallest absolute Gasteiger partial charge is 0.317 e. The maximum absolute atomic E-state index is 11.9. The molecule has 2 rings (SSSR count). The molecule has 120 valence electrons. The number of anilines is 1. The van der Waals surface area contributed by atoms with Gasteiger partial charge < -0.3 is 19.9 Å². The molecular weight excluding hydrogens is 278 g/mol. The van der Waals surface area contributed by atoms with Crippen LogP contribution in [0.25, 0.3) is 0 Å². The summed E-state index contributed by atoms with van der Waals surface area (Å²) in [6.07, 6.45) is 1.83. The lowest BCUT2D eigenvalue weighted by molar-refractivity contribution is 0.195. The lowest BCUT2D eigenvalue weighted by Gasteiger charge is -2.36. The average Bonchev–Trinajstić information content (AvgIpc) is 2.53. The average molecular weight is 303 g/mol. The molecule has 0 aliphatic carbocycles. The van der Waals surface area contributed by atoms with Gasteiger partial charge in [0.25, 0.3) is 0 Å². The van der Waals surface area contributed by atoms with E-state index in [0.29, 0.717) is 19.6 Å². The predicted octanol–water partition coefficient (Wildman–Crippen LogP) is 2.49. The molecule has 0 atom stereocenters. The third kappa shape index (κ3) is 4.16. The number of carbonyl (C=O) groups is 1. The topological polar surface area (TPSA) is 44.8 Å². The Morgan fingerprint density at radius 3 is 2.64 bits per heavy atom. The first-order valence-corrected chi connectivity index (χ1v) is 7.76. The van der Waals surface area contributed by atoms with Crippen molar-refractivity contribution in [3.8, 4) is 5.75 Å². The number of rotatable bonds is 5. The van der Waals surface area contributed by atoms with Crippen LogP contribution >= 0.6 is 0 Å². The van der Waals surface area contributed by atoms with Crippen LogP contribution < -0.4 is 15.0 Å². The number of urea groups is 1. The number of piperazine rings is 1. The van der Waals surface area contributed by atoms with E-state index < -0.39 is 0 Å². The Hall–Kier alpha value is -2.17. The van der Waals surface area contributed by atoms with Gasteiger partial charge in [0, 0.05) is 32.7 Å². The fourth-order valence-corrected chi connectivity index (χ4v) is 2.49. The maximum atomic E-state index is 11.9. The minimum absolute atomic E-state index is 0.0220. The van der Waals surface area contributed by atoms with Gasteiger partial charge in [-0.15, -0.1) is 6.58 Å². The number of nitrogens with one attached hydrogen (secondary N) is 1. The van der Waals surface area contributed by atoms with Gasteiger partial charge in [-0.05, 0) is 26.0 Å². The van der Waals surface area contributed by atoms with E-state index in [2.05, 4.69) is 22.9 Å². The van der Waals surface area contributed by atoms with Crippen LogP contribution in [-0.2, 0) is 0 Å². The zero-order valence-corrected chi connectivity index (χ0v) is 13.4. The molecule has 5 nitrogen and oxygen atoms in total. The van der Waals surface area contributed by atoms with E-state index in [4.69, 9.17) is 4.74 Å². The van der Waals surface area contributed by atoms with Crippen LogP contribution in [0.3, 0.4) is 0 Å². The van der Waals surface area contributed by atoms with Crippen molar-refractivity contribution in [3.05, 3.63) is 36.9 Å². The first-order chi connectivity index (χ1) is 10.6. The predicted molar refractivity (Wildman–Crippen MR) is 89.6 cm³/mol. The first-order valence-electron chi connectivity index (χ1n) is 7.76. The lowest BCUT2D eigenvalue weighted by atomic mass is 10.2. The monoisotopic (exact) mass is 303 g/mol. The van der Waals surface area contributed by atoms with Crippen LogP contribution in [0, 0.1) is 0 Å². The van der Waals surface area contributed by atoms with E-state index in [1.807, 2.05) is 36.9 Å². The largest absolute Gasteiger partial charge is 0.489 e. The summed E-state index contributed by atoms with van der Waals surface area (Å²) in [6, 6.07) is 8.06. The lowest BCUT2D eigenvalue weighted by Crippen LogP contribution is -2.52. The number of amides is 2. The summed E-state index contributed by atoms with van der Waals surface area (Å²) in [7, 11) is 0. The normalized spacial score (nSPS) is 14.9. The second-order valence-corrected chi connectivity index (χ2v) is 5.58. The van der Waals surface area contributed by atoms with E-state index in [9.17, 15) is 4.79 Å². The molecule has 5 heteroatoms. The Labute approximate surface area is 132 Å². The third-order valence-corrected chi connectivity index (χ3v) is 3.53. The Kier molecular flexibility index (Phi) is 5.69. The Bertz CT molecular complexity index is 508. The highest BCUT2D eigenvalue weighted by atomic mass is 16.5. The fourth-order valence-electron chi connectivity index (χ4n) is 2.49. The van der Waals surface area contributed by atoms with E-state index in [0.717, 1.165) is 24.5 Å². The van der Waals surface area contributed by atoms with Gasteiger partial charge in [-0.2, -0.15) is 0 Å². The minimum Gasteiger partial charge on any atom is -0.489 e. The molecule has 1 aromatic carbocycles. The Morgan fingerprint density at radius 1 is 1.32 bits per heavy atom. The highest BCUT2D eigenvalue weighted by Crippen LogP contribution is 2.29. The van der Waals surface area contributed by atoms with E-state index in [-0.39, 0.29) is 12.1 Å². The molecule has 1 fully saturated rings. The molecule has 0 aromatic heterocycles. The minimum atomic E-state index is -0.0220. The number of para-hydroxylation sites is 2. The third-order valence-electron chi connectivity index (χ3n) is 3.53. The van der Waals surface area contributed by atoms with Crippen molar-refractivity contribution in [1.82, 2.24) is 10.2 Å². The summed E-state index contributed by atoms with van der Waals surface area (Å²) in [5.41, 5.74) is 1.10. The standard InChI is InChI=1S/C17H25N3O2/c1-4-9-18-17(21)20-12-10-19(11-13-20)15-7-5-6-8-16(15)22-14(2)3/h4-8,14H,1,9-13H2,2-3H3,(H,18,21). The fraction of sp³-hybridized carbons (Fsp3) is 0.471. The molecule has 22 heavy (non-hydrogen) atoms. The summed E-state index contributed by atoms with van der Waals surface area (Å²) in [4.78, 5) is 16.0. The summed E-state index contributed by atoms with van der Waals surface area (Å²) in [5, 5.41) is 2.82. The highest BCUT2D eigenvalue weighted by Gasteiger charge is 2.22. The molecule has 2 amide bonds. The van der Waals surface area contributed by atoms with Crippen molar-refractivity contribution in [2.45, 2.75) is 20.0 Å². The van der Waals surface area contributed by atoms with Gasteiger partial charge in [0.05, 0.1) is 11.8 Å². The molecule has 1 saturated heterocycles. The van der Waals surface area contributed by atoms with Crippen molar-refractivity contribution < 1.29 is 9.53 Å². The quantitative estimate of drug-likeness (QED) is 0.850. The maximum Gasteiger partial charge on any atom is 0.317 e.